The van der Waals surface area contributed by atoms with E-state index in [2.05, 4.69) is 9.46 Å². The van der Waals surface area contributed by atoms with Crippen LogP contribution in [0, 0.1) is 0 Å². The average Bonchev–Trinajstić information content (AvgIpc) is 2.67. The minimum absolute atomic E-state index is 0.0786. The van der Waals surface area contributed by atoms with Crippen LogP contribution in [0.15, 0.2) is 53.4 Å². The van der Waals surface area contributed by atoms with Crippen molar-refractivity contribution in [1.29, 1.82) is 0 Å². The molecule has 0 bridgehead atoms. The summed E-state index contributed by atoms with van der Waals surface area (Å²) >= 11 is 0. The van der Waals surface area contributed by atoms with E-state index in [9.17, 15) is 13.2 Å². The molecule has 2 aromatic carbocycles. The largest absolute Gasteiger partial charge is 0.497 e. The first kappa shape index (κ1) is 19.7. The van der Waals surface area contributed by atoms with E-state index in [1.807, 2.05) is 0 Å². The molecular formula is C18H21NO6S. The van der Waals surface area contributed by atoms with Crippen molar-refractivity contribution in [2.45, 2.75) is 17.4 Å². The third-order valence-corrected chi connectivity index (χ3v) is 5.25. The second-order valence-corrected chi connectivity index (χ2v) is 7.06. The van der Waals surface area contributed by atoms with Crippen LogP contribution in [0.5, 0.6) is 11.5 Å². The summed E-state index contributed by atoms with van der Waals surface area (Å²) in [6.07, 6.45) is -0.147. The van der Waals surface area contributed by atoms with Crippen LogP contribution >= 0.6 is 0 Å². The molecular weight excluding hydrogens is 358 g/mol. The van der Waals surface area contributed by atoms with Gasteiger partial charge in [0.2, 0.25) is 10.0 Å². The van der Waals surface area contributed by atoms with Crippen LogP contribution in [0.25, 0.3) is 0 Å². The highest BCUT2D eigenvalue weighted by Crippen LogP contribution is 2.30. The van der Waals surface area contributed by atoms with Crippen LogP contribution in [-0.2, 0) is 19.6 Å². The zero-order valence-electron chi connectivity index (χ0n) is 14.8. The van der Waals surface area contributed by atoms with Crippen LogP contribution in [0.1, 0.15) is 18.0 Å². The fourth-order valence-electron chi connectivity index (χ4n) is 2.41. The highest BCUT2D eigenvalue weighted by atomic mass is 32.2. The molecule has 1 N–H and O–H groups in total. The molecule has 0 aliphatic carbocycles. The molecule has 0 radical (unpaired) electrons. The quantitative estimate of drug-likeness (QED) is 0.708. The first-order chi connectivity index (χ1) is 12.4. The highest BCUT2D eigenvalue weighted by Gasteiger charge is 2.27. The Morgan fingerprint density at radius 2 is 1.73 bits per heavy atom. The van der Waals surface area contributed by atoms with E-state index in [0.717, 1.165) is 0 Å². The number of hydrogen-bond acceptors (Lipinski definition) is 6. The predicted octanol–water partition coefficient (Wildman–Crippen LogP) is 2.29. The normalized spacial score (nSPS) is 12.3. The van der Waals surface area contributed by atoms with Gasteiger partial charge >= 0.3 is 5.97 Å². The molecule has 140 valence electrons. The number of carbonyl (C=O) groups is 1. The van der Waals surface area contributed by atoms with Gasteiger partial charge in [0.1, 0.15) is 16.4 Å². The molecule has 0 saturated heterocycles. The number of benzene rings is 2. The fourth-order valence-corrected chi connectivity index (χ4v) is 3.82. The number of carbonyl (C=O) groups excluding carboxylic acids is 1. The molecule has 0 saturated carbocycles. The van der Waals surface area contributed by atoms with Crippen molar-refractivity contribution in [3.05, 3.63) is 54.1 Å². The Morgan fingerprint density at radius 3 is 2.31 bits per heavy atom. The molecule has 0 aliphatic heterocycles. The van der Waals surface area contributed by atoms with E-state index < -0.39 is 22.0 Å². The van der Waals surface area contributed by atoms with Gasteiger partial charge in [-0.3, -0.25) is 4.79 Å². The Bertz CT molecular complexity index is 851. The lowest BCUT2D eigenvalue weighted by molar-refractivity contribution is -0.141. The molecule has 1 atom stereocenters. The van der Waals surface area contributed by atoms with Gasteiger partial charge in [-0.1, -0.05) is 30.3 Å². The van der Waals surface area contributed by atoms with Gasteiger partial charge in [0.15, 0.2) is 0 Å². The summed E-state index contributed by atoms with van der Waals surface area (Å²) in [6, 6.07) is 12.5. The van der Waals surface area contributed by atoms with Crippen molar-refractivity contribution in [2.24, 2.45) is 0 Å². The van der Waals surface area contributed by atoms with E-state index >= 15 is 0 Å². The Kier molecular flexibility index (Phi) is 6.59. The van der Waals surface area contributed by atoms with Crippen molar-refractivity contribution in [2.75, 3.05) is 21.3 Å². The smallest absolute Gasteiger partial charge is 0.307 e. The first-order valence-corrected chi connectivity index (χ1v) is 9.25. The minimum atomic E-state index is -4.00. The topological polar surface area (TPSA) is 90.9 Å². The number of nitrogens with one attached hydrogen (secondary N) is 1. The monoisotopic (exact) mass is 379 g/mol. The Morgan fingerprint density at radius 1 is 1.04 bits per heavy atom. The van der Waals surface area contributed by atoms with E-state index in [4.69, 9.17) is 9.47 Å². The van der Waals surface area contributed by atoms with Gasteiger partial charge in [0.25, 0.3) is 0 Å². The van der Waals surface area contributed by atoms with Gasteiger partial charge in [-0.05, 0) is 17.7 Å². The van der Waals surface area contributed by atoms with Crippen LogP contribution in [0.3, 0.4) is 0 Å². The van der Waals surface area contributed by atoms with Gasteiger partial charge in [-0.15, -0.1) is 0 Å². The van der Waals surface area contributed by atoms with Crippen molar-refractivity contribution in [3.8, 4) is 11.5 Å². The average molecular weight is 379 g/mol. The van der Waals surface area contributed by atoms with Gasteiger partial charge in [-0.25, -0.2) is 13.1 Å². The third-order valence-electron chi connectivity index (χ3n) is 3.76. The highest BCUT2D eigenvalue weighted by molar-refractivity contribution is 7.89. The lowest BCUT2D eigenvalue weighted by Gasteiger charge is -2.19. The maximum atomic E-state index is 12.9. The number of esters is 1. The number of sulfonamides is 1. The van der Waals surface area contributed by atoms with Crippen LogP contribution < -0.4 is 14.2 Å². The molecule has 0 aromatic heterocycles. The fraction of sp³-hybridized carbons (Fsp3) is 0.278. The van der Waals surface area contributed by atoms with E-state index in [-0.39, 0.29) is 17.1 Å². The molecule has 2 aromatic rings. The zero-order chi connectivity index (χ0) is 19.2. The second-order valence-electron chi connectivity index (χ2n) is 5.38. The summed E-state index contributed by atoms with van der Waals surface area (Å²) in [5, 5.41) is 0. The van der Waals surface area contributed by atoms with Crippen molar-refractivity contribution < 1.29 is 27.4 Å². The van der Waals surface area contributed by atoms with Gasteiger partial charge in [0, 0.05) is 6.07 Å². The van der Waals surface area contributed by atoms with Crippen molar-refractivity contribution in [3.63, 3.8) is 0 Å². The molecule has 0 unspecified atom stereocenters. The lowest BCUT2D eigenvalue weighted by Crippen LogP contribution is -2.31. The van der Waals surface area contributed by atoms with Crippen LogP contribution in [-0.4, -0.2) is 35.7 Å². The molecule has 0 fully saturated rings. The van der Waals surface area contributed by atoms with E-state index in [1.165, 1.54) is 33.5 Å². The number of methoxy groups -OCH3 is 3. The summed E-state index contributed by atoms with van der Waals surface area (Å²) in [5.41, 5.74) is 0.642. The SMILES string of the molecule is COC(=O)C[C@@H](NS(=O)(=O)c1cc(OC)ccc1OC)c1ccccc1. The number of rotatable bonds is 8. The minimum Gasteiger partial charge on any atom is -0.497 e. The zero-order valence-corrected chi connectivity index (χ0v) is 15.6. The molecule has 26 heavy (non-hydrogen) atoms. The summed E-state index contributed by atoms with van der Waals surface area (Å²) < 4.78 is 43.4. The van der Waals surface area contributed by atoms with Crippen LogP contribution in [0.4, 0.5) is 0 Å². The van der Waals surface area contributed by atoms with Crippen molar-refractivity contribution in [1.82, 2.24) is 4.72 Å². The number of ether oxygens (including phenoxy) is 3. The molecule has 7 nitrogen and oxygen atoms in total. The summed E-state index contributed by atoms with van der Waals surface area (Å²) in [5.74, 6) is 0.0118. The molecule has 0 aliphatic rings. The standard InChI is InChI=1S/C18H21NO6S/c1-23-14-9-10-16(24-2)17(11-14)26(21,22)19-15(12-18(20)25-3)13-7-5-4-6-8-13/h4-11,15,19H,12H2,1-3H3/t15-/m1/s1. The second kappa shape index (κ2) is 8.68. The lowest BCUT2D eigenvalue weighted by atomic mass is 10.1. The van der Waals surface area contributed by atoms with Crippen LogP contribution in [0.2, 0.25) is 0 Å². The summed E-state index contributed by atoms with van der Waals surface area (Å²) in [7, 11) is 0.0734. The maximum absolute atomic E-state index is 12.9. The summed E-state index contributed by atoms with van der Waals surface area (Å²) in [6.45, 7) is 0. The Hall–Kier alpha value is -2.58. The molecule has 0 spiro atoms. The first-order valence-electron chi connectivity index (χ1n) is 7.77. The number of hydrogen-bond donors (Lipinski definition) is 1. The maximum Gasteiger partial charge on any atom is 0.307 e. The van der Waals surface area contributed by atoms with E-state index in [1.54, 1.807) is 36.4 Å². The third kappa shape index (κ3) is 4.74. The van der Waals surface area contributed by atoms with E-state index in [0.29, 0.717) is 11.3 Å². The molecule has 2 rings (SSSR count). The van der Waals surface area contributed by atoms with Gasteiger partial charge in [-0.2, -0.15) is 0 Å². The predicted molar refractivity (Wildman–Crippen MR) is 95.7 cm³/mol. The van der Waals surface area contributed by atoms with Gasteiger partial charge < -0.3 is 14.2 Å². The Balaban J connectivity index is 2.42. The molecule has 0 heterocycles. The summed E-state index contributed by atoms with van der Waals surface area (Å²) in [4.78, 5) is 11.7. The molecule has 0 amide bonds. The molecule has 8 heteroatoms. The van der Waals surface area contributed by atoms with Gasteiger partial charge in [0.05, 0.1) is 33.8 Å². The Labute approximate surface area is 152 Å². The van der Waals surface area contributed by atoms with Crippen molar-refractivity contribution >= 4 is 16.0 Å².